The van der Waals surface area contributed by atoms with Gasteiger partial charge in [-0.15, -0.1) is 11.3 Å². The highest BCUT2D eigenvalue weighted by Gasteiger charge is 2.41. The van der Waals surface area contributed by atoms with E-state index in [4.69, 9.17) is 0 Å². The van der Waals surface area contributed by atoms with Gasteiger partial charge in [-0.1, -0.05) is 0 Å². The van der Waals surface area contributed by atoms with E-state index in [1.54, 1.807) is 17.5 Å². The fraction of sp³-hybridized carbons (Fsp3) is 0.429. The first-order chi connectivity index (χ1) is 10.2. The van der Waals surface area contributed by atoms with E-state index in [1.807, 2.05) is 28.4 Å². The second kappa shape index (κ2) is 6.29. The van der Waals surface area contributed by atoms with Gasteiger partial charge in [-0.3, -0.25) is 9.48 Å². The van der Waals surface area contributed by atoms with Gasteiger partial charge >= 0.3 is 0 Å². The van der Waals surface area contributed by atoms with Crippen LogP contribution in [0.1, 0.15) is 17.7 Å². The molecule has 0 unspecified atom stereocenters. The molecule has 0 spiro atoms. The van der Waals surface area contributed by atoms with Crippen LogP contribution in [0.3, 0.4) is 0 Å². The van der Waals surface area contributed by atoms with Crippen LogP contribution in [-0.4, -0.2) is 28.8 Å². The molecule has 112 valence electrons. The van der Waals surface area contributed by atoms with Gasteiger partial charge in [0.1, 0.15) is 5.54 Å². The zero-order chi connectivity index (χ0) is 14.7. The molecule has 7 heteroatoms. The first-order valence-electron chi connectivity index (χ1n) is 6.93. The number of rotatable bonds is 4. The van der Waals surface area contributed by atoms with Crippen LogP contribution in [0.25, 0.3) is 0 Å². The molecule has 1 aliphatic heterocycles. The van der Waals surface area contributed by atoms with Crippen molar-refractivity contribution in [2.45, 2.75) is 24.9 Å². The Kier molecular flexibility index (Phi) is 4.42. The molecule has 0 bridgehead atoms. The van der Waals surface area contributed by atoms with Gasteiger partial charge in [0.15, 0.2) is 0 Å². The van der Waals surface area contributed by atoms with Crippen molar-refractivity contribution in [3.63, 3.8) is 0 Å². The summed E-state index contributed by atoms with van der Waals surface area (Å²) in [4.78, 5) is 13.9. The number of nitrogens with zero attached hydrogens (tertiary/aromatic N) is 2. The Morgan fingerprint density at radius 3 is 2.95 bits per heavy atom. The summed E-state index contributed by atoms with van der Waals surface area (Å²) in [5, 5.41) is 12.7. The summed E-state index contributed by atoms with van der Waals surface area (Å²) in [6.07, 6.45) is 5.13. The predicted molar refractivity (Wildman–Crippen MR) is 86.2 cm³/mol. The Hall–Kier alpha value is -1.18. The lowest BCUT2D eigenvalue weighted by Crippen LogP contribution is -2.54. The van der Waals surface area contributed by atoms with E-state index in [1.165, 1.54) is 0 Å². The molecule has 0 radical (unpaired) electrons. The average Bonchev–Trinajstić information content (AvgIpc) is 3.17. The third kappa shape index (κ3) is 3.04. The number of hydrogen-bond acceptors (Lipinski definition) is 4. The number of hydrogen-bond donors (Lipinski definition) is 2. The molecule has 0 aromatic carbocycles. The first kappa shape index (κ1) is 14.7. The number of aromatic nitrogens is 2. The van der Waals surface area contributed by atoms with Gasteiger partial charge < -0.3 is 10.6 Å². The largest absolute Gasteiger partial charge is 0.349 e. The topological polar surface area (TPSA) is 59.0 Å². The molecule has 1 saturated heterocycles. The molecule has 3 heterocycles. The quantitative estimate of drug-likeness (QED) is 0.868. The van der Waals surface area contributed by atoms with Crippen molar-refractivity contribution < 1.29 is 4.79 Å². The molecule has 21 heavy (non-hydrogen) atoms. The Balaban J connectivity index is 1.75. The minimum Gasteiger partial charge on any atom is -0.349 e. The van der Waals surface area contributed by atoms with E-state index >= 15 is 0 Å². The summed E-state index contributed by atoms with van der Waals surface area (Å²) in [6, 6.07) is 3.90. The van der Waals surface area contributed by atoms with E-state index in [0.717, 1.165) is 35.3 Å². The van der Waals surface area contributed by atoms with Gasteiger partial charge in [0, 0.05) is 27.1 Å². The molecule has 0 saturated carbocycles. The average molecular weight is 369 g/mol. The number of halogens is 1. The number of thiophene rings is 1. The summed E-state index contributed by atoms with van der Waals surface area (Å²) in [5.74, 6) is 0.0530. The van der Waals surface area contributed by atoms with Crippen molar-refractivity contribution >= 4 is 33.2 Å². The second-order valence-corrected chi connectivity index (χ2v) is 7.06. The van der Waals surface area contributed by atoms with E-state index in [-0.39, 0.29) is 5.91 Å². The minimum atomic E-state index is -0.566. The third-order valence-corrected chi connectivity index (χ3v) is 5.54. The molecule has 3 rings (SSSR count). The third-order valence-electron chi connectivity index (χ3n) is 3.84. The molecule has 2 aromatic rings. The van der Waals surface area contributed by atoms with Crippen LogP contribution in [0.4, 0.5) is 0 Å². The lowest BCUT2D eigenvalue weighted by atomic mass is 9.87. The number of carbonyl (C=O) groups is 1. The SMILES string of the molecule is O=C(NCc1cc(Br)cs1)C1(n2cccn2)CCNCC1. The predicted octanol–water partition coefficient (Wildman–Crippen LogP) is 2.10. The number of carbonyl (C=O) groups excluding carboxylic acids is 1. The summed E-state index contributed by atoms with van der Waals surface area (Å²) >= 11 is 5.07. The molecule has 1 fully saturated rings. The smallest absolute Gasteiger partial charge is 0.248 e. The zero-order valence-corrected chi connectivity index (χ0v) is 13.9. The standard InChI is InChI=1S/C14H17BrN4OS/c15-11-8-12(21-10-11)9-17-13(20)14(2-5-16-6-3-14)19-7-1-4-18-19/h1,4,7-8,10,16H,2-3,5-6,9H2,(H,17,20). The number of nitrogens with one attached hydrogen (secondary N) is 2. The summed E-state index contributed by atoms with van der Waals surface area (Å²) in [6.45, 7) is 2.22. The Morgan fingerprint density at radius 1 is 1.52 bits per heavy atom. The van der Waals surface area contributed by atoms with Crippen LogP contribution >= 0.6 is 27.3 Å². The molecule has 2 N–H and O–H groups in total. The lowest BCUT2D eigenvalue weighted by Gasteiger charge is -2.36. The van der Waals surface area contributed by atoms with Gasteiger partial charge in [-0.05, 0) is 54.0 Å². The maximum atomic E-state index is 12.8. The van der Waals surface area contributed by atoms with Crippen LogP contribution in [0, 0.1) is 0 Å². The van der Waals surface area contributed by atoms with Crippen molar-refractivity contribution in [2.24, 2.45) is 0 Å². The van der Waals surface area contributed by atoms with Crippen LogP contribution in [0.15, 0.2) is 34.4 Å². The highest BCUT2D eigenvalue weighted by Crippen LogP contribution is 2.27. The summed E-state index contributed by atoms with van der Waals surface area (Å²) in [7, 11) is 0. The van der Waals surface area contributed by atoms with Gasteiger partial charge in [0.2, 0.25) is 5.91 Å². The van der Waals surface area contributed by atoms with E-state index in [2.05, 4.69) is 31.7 Å². The highest BCUT2D eigenvalue weighted by molar-refractivity contribution is 9.10. The molecule has 1 aliphatic rings. The van der Waals surface area contributed by atoms with Crippen molar-refractivity contribution in [3.05, 3.63) is 39.3 Å². The maximum Gasteiger partial charge on any atom is 0.248 e. The molecule has 0 aliphatic carbocycles. The van der Waals surface area contributed by atoms with Crippen LogP contribution in [0.5, 0.6) is 0 Å². The molecular formula is C14H17BrN4OS. The van der Waals surface area contributed by atoms with Gasteiger partial charge in [-0.2, -0.15) is 5.10 Å². The molecule has 0 atom stereocenters. The fourth-order valence-electron chi connectivity index (χ4n) is 2.70. The Labute approximate surface area is 135 Å². The summed E-state index contributed by atoms with van der Waals surface area (Å²) < 4.78 is 2.87. The van der Waals surface area contributed by atoms with Crippen molar-refractivity contribution in [1.29, 1.82) is 0 Å². The first-order valence-corrected chi connectivity index (χ1v) is 8.60. The number of amides is 1. The van der Waals surface area contributed by atoms with Crippen LogP contribution in [0.2, 0.25) is 0 Å². The van der Waals surface area contributed by atoms with Crippen LogP contribution in [-0.2, 0) is 16.9 Å². The van der Waals surface area contributed by atoms with Gasteiger partial charge in [0.25, 0.3) is 0 Å². The maximum absolute atomic E-state index is 12.8. The normalized spacial score (nSPS) is 17.6. The minimum absolute atomic E-state index is 0.0530. The van der Waals surface area contributed by atoms with Gasteiger partial charge in [0.05, 0.1) is 6.54 Å². The van der Waals surface area contributed by atoms with Gasteiger partial charge in [-0.25, -0.2) is 0 Å². The highest BCUT2D eigenvalue weighted by atomic mass is 79.9. The van der Waals surface area contributed by atoms with E-state index < -0.39 is 5.54 Å². The van der Waals surface area contributed by atoms with Crippen molar-refractivity contribution in [3.8, 4) is 0 Å². The Bertz CT molecular complexity index is 604. The number of piperidine rings is 1. The molecule has 5 nitrogen and oxygen atoms in total. The van der Waals surface area contributed by atoms with Crippen LogP contribution < -0.4 is 10.6 Å². The fourth-order valence-corrected chi connectivity index (χ4v) is 4.09. The summed E-state index contributed by atoms with van der Waals surface area (Å²) in [5.41, 5.74) is -0.566. The lowest BCUT2D eigenvalue weighted by molar-refractivity contribution is -0.132. The van der Waals surface area contributed by atoms with E-state index in [9.17, 15) is 4.79 Å². The molecule has 2 aromatic heterocycles. The Morgan fingerprint density at radius 2 is 2.33 bits per heavy atom. The molecule has 1 amide bonds. The zero-order valence-electron chi connectivity index (χ0n) is 11.5. The second-order valence-electron chi connectivity index (χ2n) is 5.15. The van der Waals surface area contributed by atoms with Crippen molar-refractivity contribution in [1.82, 2.24) is 20.4 Å². The van der Waals surface area contributed by atoms with Crippen molar-refractivity contribution in [2.75, 3.05) is 13.1 Å². The van der Waals surface area contributed by atoms with E-state index in [0.29, 0.717) is 6.54 Å². The molecular weight excluding hydrogens is 352 g/mol. The monoisotopic (exact) mass is 368 g/mol.